The first-order chi connectivity index (χ1) is 15.6. The van der Waals surface area contributed by atoms with Gasteiger partial charge in [-0.25, -0.2) is 4.39 Å². The molecule has 7 nitrogen and oxygen atoms in total. The monoisotopic (exact) mass is 565 g/mol. The van der Waals surface area contributed by atoms with Crippen molar-refractivity contribution in [3.8, 4) is 0 Å². The minimum atomic E-state index is -0.252. The van der Waals surface area contributed by atoms with E-state index in [1.54, 1.807) is 13.1 Å². The van der Waals surface area contributed by atoms with Gasteiger partial charge in [-0.05, 0) is 54.9 Å². The lowest BCUT2D eigenvalue weighted by molar-refractivity contribution is -0.140. The fourth-order valence-electron chi connectivity index (χ4n) is 5.53. The maximum atomic E-state index is 13.3. The Morgan fingerprint density at radius 2 is 1.85 bits per heavy atom. The van der Waals surface area contributed by atoms with Crippen LogP contribution in [0, 0.1) is 29.5 Å². The molecular formula is C24H29FIN5O2. The van der Waals surface area contributed by atoms with E-state index in [4.69, 9.17) is 0 Å². The zero-order chi connectivity index (χ0) is 22.2. The lowest BCUT2D eigenvalue weighted by atomic mass is 9.85. The number of carbonyl (C=O) groups is 2. The zero-order valence-electron chi connectivity index (χ0n) is 18.5. The predicted octanol–water partition coefficient (Wildman–Crippen LogP) is 2.83. The number of nitrogens with one attached hydrogen (secondary N) is 3. The minimum absolute atomic E-state index is 0. The Bertz CT molecular complexity index is 1080. The molecular weight excluding hydrogens is 536 g/mol. The number of hydrogen-bond acceptors (Lipinski definition) is 3. The van der Waals surface area contributed by atoms with Crippen molar-refractivity contribution in [2.75, 3.05) is 26.7 Å². The van der Waals surface area contributed by atoms with Crippen molar-refractivity contribution in [1.29, 1.82) is 0 Å². The maximum Gasteiger partial charge on any atom is 0.233 e. The van der Waals surface area contributed by atoms with Gasteiger partial charge in [0.1, 0.15) is 5.82 Å². The third kappa shape index (κ3) is 4.39. The molecule has 2 aromatic rings. The normalized spacial score (nSPS) is 25.6. The molecule has 0 spiro atoms. The van der Waals surface area contributed by atoms with Gasteiger partial charge in [0.05, 0.1) is 11.8 Å². The Balaban J connectivity index is 0.00000259. The summed E-state index contributed by atoms with van der Waals surface area (Å²) >= 11 is 0. The second-order valence-corrected chi connectivity index (χ2v) is 8.86. The van der Waals surface area contributed by atoms with Crippen molar-refractivity contribution in [3.63, 3.8) is 0 Å². The van der Waals surface area contributed by atoms with Gasteiger partial charge in [0.2, 0.25) is 11.8 Å². The molecule has 1 aromatic carbocycles. The van der Waals surface area contributed by atoms with E-state index in [9.17, 15) is 14.0 Å². The summed E-state index contributed by atoms with van der Waals surface area (Å²) in [5.41, 5.74) is 1.91. The highest BCUT2D eigenvalue weighted by Crippen LogP contribution is 2.52. The number of imide groups is 1. The molecule has 2 bridgehead atoms. The number of fused-ring (bicyclic) bond motifs is 6. The van der Waals surface area contributed by atoms with Gasteiger partial charge in [-0.3, -0.25) is 19.5 Å². The van der Waals surface area contributed by atoms with Crippen LogP contribution in [0.25, 0.3) is 10.9 Å². The number of halogens is 2. The standard InChI is InChI=1S/C24H28FN5O2.HI/c1-26-24(28-9-7-16-13-29-19-12-17(25)5-6-18(16)19)27-8-2-10-30-22(31)20-14-3-4-15(11-14)21(20)23(30)32;/h3-6,12-15,20-21,29H,2,7-11H2,1H3,(H2,26,27,28);1H. The average Bonchev–Trinajstić information content (AvgIpc) is 3.55. The molecule has 0 radical (unpaired) electrons. The van der Waals surface area contributed by atoms with Crippen molar-refractivity contribution in [3.05, 3.63) is 47.9 Å². The third-order valence-corrected chi connectivity index (χ3v) is 7.05. The van der Waals surface area contributed by atoms with E-state index in [1.807, 2.05) is 6.20 Å². The van der Waals surface area contributed by atoms with Gasteiger partial charge >= 0.3 is 0 Å². The van der Waals surface area contributed by atoms with Crippen LogP contribution in [0.4, 0.5) is 4.39 Å². The van der Waals surface area contributed by atoms with E-state index >= 15 is 0 Å². The van der Waals surface area contributed by atoms with Crippen LogP contribution < -0.4 is 10.6 Å². The van der Waals surface area contributed by atoms with Crippen molar-refractivity contribution in [2.24, 2.45) is 28.7 Å². The molecule has 3 N–H and O–H groups in total. The molecule has 1 aliphatic heterocycles. The van der Waals surface area contributed by atoms with Gasteiger partial charge in [0, 0.05) is 43.8 Å². The van der Waals surface area contributed by atoms with Gasteiger partial charge < -0.3 is 15.6 Å². The number of allylic oxidation sites excluding steroid dienone is 2. The van der Waals surface area contributed by atoms with Crippen molar-refractivity contribution in [1.82, 2.24) is 20.5 Å². The molecule has 2 fully saturated rings. The second kappa shape index (κ2) is 9.82. The summed E-state index contributed by atoms with van der Waals surface area (Å²) in [6.45, 7) is 1.73. The highest BCUT2D eigenvalue weighted by atomic mass is 127. The number of benzene rings is 1. The Kier molecular flexibility index (Phi) is 7.06. The van der Waals surface area contributed by atoms with E-state index < -0.39 is 0 Å². The largest absolute Gasteiger partial charge is 0.361 e. The van der Waals surface area contributed by atoms with Gasteiger partial charge in [-0.1, -0.05) is 12.2 Å². The van der Waals surface area contributed by atoms with Gasteiger partial charge in [-0.2, -0.15) is 0 Å². The molecule has 2 amide bonds. The molecule has 1 aromatic heterocycles. The Hall–Kier alpha value is -2.43. The van der Waals surface area contributed by atoms with Crippen molar-refractivity contribution < 1.29 is 14.0 Å². The molecule has 4 atom stereocenters. The lowest BCUT2D eigenvalue weighted by Crippen LogP contribution is -2.40. The van der Waals surface area contributed by atoms with Gasteiger partial charge in [0.25, 0.3) is 0 Å². The molecule has 2 aliphatic carbocycles. The summed E-state index contributed by atoms with van der Waals surface area (Å²) in [5.74, 6) is 0.706. The number of aromatic amines is 1. The number of aliphatic imine (C=N–C) groups is 1. The van der Waals surface area contributed by atoms with Crippen LogP contribution in [0.3, 0.4) is 0 Å². The van der Waals surface area contributed by atoms with E-state index in [0.29, 0.717) is 32.0 Å². The minimum Gasteiger partial charge on any atom is -0.361 e. The summed E-state index contributed by atoms with van der Waals surface area (Å²) in [7, 11) is 1.71. The smallest absolute Gasteiger partial charge is 0.233 e. The van der Waals surface area contributed by atoms with Crippen LogP contribution in [0.15, 0.2) is 41.5 Å². The first-order valence-corrected chi connectivity index (χ1v) is 11.3. The summed E-state index contributed by atoms with van der Waals surface area (Å²) < 4.78 is 13.3. The van der Waals surface area contributed by atoms with E-state index in [-0.39, 0.29) is 65.3 Å². The molecule has 3 aliphatic rings. The Morgan fingerprint density at radius 3 is 2.55 bits per heavy atom. The third-order valence-electron chi connectivity index (χ3n) is 7.05. The number of rotatable bonds is 7. The molecule has 5 rings (SSSR count). The number of carbonyl (C=O) groups excluding carboxylic acids is 2. The van der Waals surface area contributed by atoms with Crippen LogP contribution in [0.5, 0.6) is 0 Å². The molecule has 2 heterocycles. The molecule has 9 heteroatoms. The summed E-state index contributed by atoms with van der Waals surface area (Å²) in [4.78, 5) is 34.3. The topological polar surface area (TPSA) is 89.6 Å². The highest BCUT2D eigenvalue weighted by Gasteiger charge is 2.58. The first kappa shape index (κ1) is 23.7. The second-order valence-electron chi connectivity index (χ2n) is 8.86. The highest BCUT2D eigenvalue weighted by molar-refractivity contribution is 14.0. The Morgan fingerprint density at radius 1 is 1.15 bits per heavy atom. The number of nitrogens with zero attached hydrogens (tertiary/aromatic N) is 2. The fraction of sp³-hybridized carbons (Fsp3) is 0.458. The molecule has 1 saturated heterocycles. The Labute approximate surface area is 209 Å². The number of amides is 2. The summed E-state index contributed by atoms with van der Waals surface area (Å²) in [5, 5.41) is 7.54. The van der Waals surface area contributed by atoms with Crippen LogP contribution >= 0.6 is 24.0 Å². The average molecular weight is 565 g/mol. The number of hydrogen-bond donors (Lipinski definition) is 3. The van der Waals surface area contributed by atoms with Crippen LogP contribution in [0.2, 0.25) is 0 Å². The lowest BCUT2D eigenvalue weighted by Gasteiger charge is -2.18. The number of aromatic nitrogens is 1. The molecule has 4 unspecified atom stereocenters. The van der Waals surface area contributed by atoms with Crippen molar-refractivity contribution in [2.45, 2.75) is 19.3 Å². The SMILES string of the molecule is CN=C(NCCCN1C(=O)C2C3C=CC(C3)C2C1=O)NCCc1c[nH]c2cc(F)ccc12.I. The molecule has 1 saturated carbocycles. The number of H-pyrrole nitrogens is 1. The van der Waals surface area contributed by atoms with Crippen LogP contribution in [-0.2, 0) is 16.0 Å². The number of likely N-dealkylation sites (tertiary alicyclic amines) is 1. The number of guanidine groups is 1. The van der Waals surface area contributed by atoms with E-state index in [0.717, 1.165) is 29.3 Å². The molecule has 176 valence electrons. The maximum absolute atomic E-state index is 13.3. The molecule has 33 heavy (non-hydrogen) atoms. The van der Waals surface area contributed by atoms with Gasteiger partial charge in [-0.15, -0.1) is 24.0 Å². The van der Waals surface area contributed by atoms with Crippen LogP contribution in [0.1, 0.15) is 18.4 Å². The van der Waals surface area contributed by atoms with Gasteiger partial charge in [0.15, 0.2) is 5.96 Å². The zero-order valence-corrected chi connectivity index (χ0v) is 20.8. The predicted molar refractivity (Wildman–Crippen MR) is 136 cm³/mol. The fourth-order valence-corrected chi connectivity index (χ4v) is 5.53. The quantitative estimate of drug-likeness (QED) is 0.120. The first-order valence-electron chi connectivity index (χ1n) is 11.3. The van der Waals surface area contributed by atoms with E-state index in [1.165, 1.54) is 17.0 Å². The van der Waals surface area contributed by atoms with E-state index in [2.05, 4.69) is 32.8 Å². The summed E-state index contributed by atoms with van der Waals surface area (Å²) in [6, 6.07) is 4.76. The summed E-state index contributed by atoms with van der Waals surface area (Å²) in [6.07, 6.45) is 8.54. The van der Waals surface area contributed by atoms with Crippen LogP contribution in [-0.4, -0.2) is 54.3 Å². The van der Waals surface area contributed by atoms with Crippen molar-refractivity contribution >= 4 is 52.7 Å².